The molecule has 0 fully saturated rings. The average molecular weight is 333 g/mol. The van der Waals surface area contributed by atoms with Crippen LogP contribution in [0.2, 0.25) is 0 Å². The van der Waals surface area contributed by atoms with Crippen LogP contribution < -0.4 is 5.32 Å². The Bertz CT molecular complexity index is 734. The molecule has 2 aromatic rings. The van der Waals surface area contributed by atoms with Gasteiger partial charge in [0.05, 0.1) is 11.8 Å². The topological polar surface area (TPSA) is 79.4 Å². The summed E-state index contributed by atoms with van der Waals surface area (Å²) >= 11 is 0. The number of nitrogens with one attached hydrogen (secondary N) is 1. The fourth-order valence-corrected chi connectivity index (χ4v) is 2.85. The van der Waals surface area contributed by atoms with Gasteiger partial charge in [0, 0.05) is 32.0 Å². The van der Waals surface area contributed by atoms with Gasteiger partial charge in [-0.3, -0.25) is 9.78 Å². The number of sulfonamides is 1. The third kappa shape index (κ3) is 5.46. The van der Waals surface area contributed by atoms with E-state index in [4.69, 9.17) is 0 Å². The van der Waals surface area contributed by atoms with E-state index in [9.17, 15) is 13.2 Å². The van der Waals surface area contributed by atoms with Crippen LogP contribution in [0.1, 0.15) is 15.9 Å². The second-order valence-electron chi connectivity index (χ2n) is 5.08. The van der Waals surface area contributed by atoms with Crippen LogP contribution in [0.25, 0.3) is 0 Å². The molecule has 1 amide bonds. The number of benzene rings is 1. The molecule has 0 atom stereocenters. The average Bonchev–Trinajstić information content (AvgIpc) is 2.54. The molecule has 0 radical (unpaired) electrons. The predicted octanol–water partition coefficient (Wildman–Crippen LogP) is 1.27. The number of amides is 1. The molecule has 0 aliphatic rings. The lowest BCUT2D eigenvalue weighted by Crippen LogP contribution is -2.37. The summed E-state index contributed by atoms with van der Waals surface area (Å²) in [5.41, 5.74) is 1.35. The van der Waals surface area contributed by atoms with E-state index in [1.807, 2.05) is 30.3 Å². The zero-order chi connectivity index (χ0) is 16.7. The van der Waals surface area contributed by atoms with Crippen molar-refractivity contribution in [2.24, 2.45) is 0 Å². The SMILES string of the molecule is CS(=O)(=O)N(CCNC(=O)c1cccnc1)Cc1ccccc1. The summed E-state index contributed by atoms with van der Waals surface area (Å²) in [5, 5.41) is 2.70. The van der Waals surface area contributed by atoms with Crippen LogP contribution in [-0.2, 0) is 16.6 Å². The number of hydrogen-bond acceptors (Lipinski definition) is 4. The Morgan fingerprint density at radius 3 is 2.52 bits per heavy atom. The van der Waals surface area contributed by atoms with Crippen molar-refractivity contribution < 1.29 is 13.2 Å². The second kappa shape index (κ2) is 7.85. The van der Waals surface area contributed by atoms with Gasteiger partial charge >= 0.3 is 0 Å². The van der Waals surface area contributed by atoms with Crippen molar-refractivity contribution >= 4 is 15.9 Å². The number of hydrogen-bond donors (Lipinski definition) is 1. The van der Waals surface area contributed by atoms with Crippen molar-refractivity contribution in [2.75, 3.05) is 19.3 Å². The van der Waals surface area contributed by atoms with Crippen LogP contribution in [0, 0.1) is 0 Å². The van der Waals surface area contributed by atoms with E-state index in [0.29, 0.717) is 5.56 Å². The van der Waals surface area contributed by atoms with Crippen LogP contribution >= 0.6 is 0 Å². The van der Waals surface area contributed by atoms with E-state index < -0.39 is 10.0 Å². The minimum absolute atomic E-state index is 0.208. The van der Waals surface area contributed by atoms with Crippen LogP contribution in [0.15, 0.2) is 54.9 Å². The monoisotopic (exact) mass is 333 g/mol. The Morgan fingerprint density at radius 1 is 1.17 bits per heavy atom. The Morgan fingerprint density at radius 2 is 1.91 bits per heavy atom. The zero-order valence-electron chi connectivity index (χ0n) is 12.8. The molecule has 7 heteroatoms. The van der Waals surface area contributed by atoms with E-state index >= 15 is 0 Å². The third-order valence-electron chi connectivity index (χ3n) is 3.24. The highest BCUT2D eigenvalue weighted by Crippen LogP contribution is 2.07. The summed E-state index contributed by atoms with van der Waals surface area (Å²) in [5.74, 6) is -0.272. The van der Waals surface area contributed by atoms with Crippen LogP contribution in [-0.4, -0.2) is 43.0 Å². The molecule has 0 aliphatic heterocycles. The van der Waals surface area contributed by atoms with Crippen molar-refractivity contribution in [1.29, 1.82) is 0 Å². The molecule has 6 nitrogen and oxygen atoms in total. The maximum Gasteiger partial charge on any atom is 0.252 e. The summed E-state index contributed by atoms with van der Waals surface area (Å²) in [4.78, 5) is 15.8. The fraction of sp³-hybridized carbons (Fsp3) is 0.250. The lowest BCUT2D eigenvalue weighted by atomic mass is 10.2. The van der Waals surface area contributed by atoms with E-state index in [1.165, 1.54) is 16.8 Å². The van der Waals surface area contributed by atoms with Gasteiger partial charge in [0.25, 0.3) is 5.91 Å². The molecule has 1 heterocycles. The highest BCUT2D eigenvalue weighted by Gasteiger charge is 2.17. The Kier molecular flexibility index (Phi) is 5.84. The fourth-order valence-electron chi connectivity index (χ4n) is 2.04. The smallest absolute Gasteiger partial charge is 0.252 e. The summed E-state index contributed by atoms with van der Waals surface area (Å²) in [6.07, 6.45) is 4.22. The molecule has 0 spiro atoms. The molecule has 23 heavy (non-hydrogen) atoms. The standard InChI is InChI=1S/C16H19N3O3S/c1-23(21,22)19(13-14-6-3-2-4-7-14)11-10-18-16(20)15-8-5-9-17-12-15/h2-9,12H,10-11,13H2,1H3,(H,18,20). The molecule has 0 unspecified atom stereocenters. The van der Waals surface area contributed by atoms with Gasteiger partial charge in [-0.2, -0.15) is 4.31 Å². The van der Waals surface area contributed by atoms with Crippen LogP contribution in [0.3, 0.4) is 0 Å². The van der Waals surface area contributed by atoms with Gasteiger partial charge in [-0.1, -0.05) is 30.3 Å². The molecular weight excluding hydrogens is 314 g/mol. The summed E-state index contributed by atoms with van der Waals surface area (Å²) in [6, 6.07) is 12.7. The highest BCUT2D eigenvalue weighted by atomic mass is 32.2. The molecule has 2 rings (SSSR count). The molecule has 0 saturated heterocycles. The number of nitrogens with zero attached hydrogens (tertiary/aromatic N) is 2. The van der Waals surface area contributed by atoms with E-state index in [2.05, 4.69) is 10.3 Å². The third-order valence-corrected chi connectivity index (χ3v) is 4.49. The van der Waals surface area contributed by atoms with Crippen LogP contribution in [0.4, 0.5) is 0 Å². The Labute approximate surface area is 136 Å². The molecule has 122 valence electrons. The van der Waals surface area contributed by atoms with Gasteiger partial charge in [-0.05, 0) is 17.7 Å². The quantitative estimate of drug-likeness (QED) is 0.828. The normalized spacial score (nSPS) is 11.4. The first-order chi connectivity index (χ1) is 11.0. The number of pyridine rings is 1. The first-order valence-electron chi connectivity index (χ1n) is 7.14. The summed E-state index contributed by atoms with van der Waals surface area (Å²) in [6.45, 7) is 0.718. The molecule has 1 aromatic heterocycles. The van der Waals surface area contributed by atoms with E-state index in [0.717, 1.165) is 5.56 Å². The lowest BCUT2D eigenvalue weighted by molar-refractivity contribution is 0.0951. The second-order valence-corrected chi connectivity index (χ2v) is 7.06. The highest BCUT2D eigenvalue weighted by molar-refractivity contribution is 7.88. The van der Waals surface area contributed by atoms with Gasteiger partial charge in [-0.15, -0.1) is 0 Å². The number of rotatable bonds is 7. The minimum atomic E-state index is -3.36. The first-order valence-corrected chi connectivity index (χ1v) is 8.99. The Balaban J connectivity index is 1.93. The lowest BCUT2D eigenvalue weighted by Gasteiger charge is -2.20. The van der Waals surface area contributed by atoms with Gasteiger partial charge in [0.15, 0.2) is 0 Å². The largest absolute Gasteiger partial charge is 0.351 e. The summed E-state index contributed by atoms with van der Waals surface area (Å²) < 4.78 is 25.1. The molecular formula is C16H19N3O3S. The molecule has 0 aliphatic carbocycles. The molecule has 1 N–H and O–H groups in total. The van der Waals surface area contributed by atoms with E-state index in [-0.39, 0.29) is 25.5 Å². The summed E-state index contributed by atoms with van der Waals surface area (Å²) in [7, 11) is -3.36. The van der Waals surface area contributed by atoms with Crippen LogP contribution in [0.5, 0.6) is 0 Å². The van der Waals surface area contributed by atoms with Crippen molar-refractivity contribution in [1.82, 2.24) is 14.6 Å². The van der Waals surface area contributed by atoms with Crippen molar-refractivity contribution in [3.8, 4) is 0 Å². The van der Waals surface area contributed by atoms with Crippen molar-refractivity contribution in [2.45, 2.75) is 6.54 Å². The number of carbonyl (C=O) groups excluding carboxylic acids is 1. The minimum Gasteiger partial charge on any atom is -0.351 e. The Hall–Kier alpha value is -2.25. The van der Waals surface area contributed by atoms with Gasteiger partial charge in [0.2, 0.25) is 10.0 Å². The zero-order valence-corrected chi connectivity index (χ0v) is 13.7. The number of carbonyl (C=O) groups is 1. The van der Waals surface area contributed by atoms with Gasteiger partial charge in [0.1, 0.15) is 0 Å². The maximum absolute atomic E-state index is 11.9. The van der Waals surface area contributed by atoms with Gasteiger partial charge in [-0.25, -0.2) is 8.42 Å². The predicted molar refractivity (Wildman–Crippen MR) is 88.3 cm³/mol. The maximum atomic E-state index is 11.9. The van der Waals surface area contributed by atoms with Crippen molar-refractivity contribution in [3.63, 3.8) is 0 Å². The number of aromatic nitrogens is 1. The first kappa shape index (κ1) is 17.1. The van der Waals surface area contributed by atoms with E-state index in [1.54, 1.807) is 18.3 Å². The molecule has 0 saturated carbocycles. The van der Waals surface area contributed by atoms with Crippen molar-refractivity contribution in [3.05, 3.63) is 66.0 Å². The molecule has 0 bridgehead atoms. The van der Waals surface area contributed by atoms with Gasteiger partial charge < -0.3 is 5.32 Å². The molecule has 1 aromatic carbocycles.